The number of aromatic nitrogens is 1. The van der Waals surface area contributed by atoms with Crippen LogP contribution in [0.5, 0.6) is 0 Å². The molecule has 4 nitrogen and oxygen atoms in total. The second-order valence-electron chi connectivity index (χ2n) is 5.25. The number of nitrogens with one attached hydrogen (secondary N) is 3. The van der Waals surface area contributed by atoms with Gasteiger partial charge < -0.3 is 15.6 Å². The van der Waals surface area contributed by atoms with Crippen molar-refractivity contribution in [3.8, 4) is 0 Å². The minimum Gasteiger partial charge on any atom is -0.361 e. The Hall–Kier alpha value is -2.18. The van der Waals surface area contributed by atoms with E-state index in [1.807, 2.05) is 24.4 Å². The molecule has 0 saturated heterocycles. The van der Waals surface area contributed by atoms with Gasteiger partial charge >= 0.3 is 6.18 Å². The minimum absolute atomic E-state index is 0.175. The Balaban J connectivity index is 1.71. The third kappa shape index (κ3) is 5.50. The van der Waals surface area contributed by atoms with E-state index in [2.05, 4.69) is 26.7 Å². The lowest BCUT2D eigenvalue weighted by atomic mass is 10.1. The summed E-state index contributed by atoms with van der Waals surface area (Å²) in [6.07, 6.45) is -1.27. The number of aliphatic imine (C=N–C) groups is 1. The fraction of sp³-hybridized carbons (Fsp3) is 0.438. The maximum Gasteiger partial charge on any atom is 0.390 e. The highest BCUT2D eigenvalue weighted by Gasteiger charge is 2.26. The molecule has 7 heteroatoms. The smallest absolute Gasteiger partial charge is 0.361 e. The summed E-state index contributed by atoms with van der Waals surface area (Å²) in [5.74, 6) is 0.396. The summed E-state index contributed by atoms with van der Waals surface area (Å²) in [7, 11) is 1.54. The van der Waals surface area contributed by atoms with E-state index < -0.39 is 12.6 Å². The predicted molar refractivity (Wildman–Crippen MR) is 86.7 cm³/mol. The van der Waals surface area contributed by atoms with E-state index in [0.29, 0.717) is 12.5 Å². The molecule has 2 rings (SSSR count). The molecule has 126 valence electrons. The number of fused-ring (bicyclic) bond motifs is 1. The summed E-state index contributed by atoms with van der Waals surface area (Å²) >= 11 is 0. The van der Waals surface area contributed by atoms with Gasteiger partial charge in [0.1, 0.15) is 0 Å². The van der Waals surface area contributed by atoms with Gasteiger partial charge in [0, 0.05) is 37.2 Å². The zero-order valence-corrected chi connectivity index (χ0v) is 13.0. The zero-order valence-electron chi connectivity index (χ0n) is 13.0. The van der Waals surface area contributed by atoms with Gasteiger partial charge in [0.15, 0.2) is 5.96 Å². The van der Waals surface area contributed by atoms with E-state index in [-0.39, 0.29) is 6.54 Å². The number of rotatable bonds is 6. The number of hydrogen-bond donors (Lipinski definition) is 3. The lowest BCUT2D eigenvalue weighted by molar-refractivity contribution is -0.132. The highest BCUT2D eigenvalue weighted by Crippen LogP contribution is 2.19. The SMILES string of the molecule is CN=C(NCCCc1c[nH]c2ccccc12)NCCC(F)(F)F. The van der Waals surface area contributed by atoms with Crippen molar-refractivity contribution in [1.82, 2.24) is 15.6 Å². The number of halogens is 3. The Morgan fingerprint density at radius 3 is 2.65 bits per heavy atom. The predicted octanol–water partition coefficient (Wildman–Crippen LogP) is 3.22. The van der Waals surface area contributed by atoms with Crippen molar-refractivity contribution in [2.45, 2.75) is 25.4 Å². The van der Waals surface area contributed by atoms with Crippen LogP contribution in [0.15, 0.2) is 35.5 Å². The average Bonchev–Trinajstić information content (AvgIpc) is 2.92. The average molecular weight is 326 g/mol. The Morgan fingerprint density at radius 1 is 1.17 bits per heavy atom. The number of guanidine groups is 1. The third-order valence-corrected chi connectivity index (χ3v) is 3.51. The number of aromatic amines is 1. The molecule has 0 aliphatic carbocycles. The molecule has 0 spiro atoms. The van der Waals surface area contributed by atoms with Crippen molar-refractivity contribution in [3.05, 3.63) is 36.0 Å². The van der Waals surface area contributed by atoms with E-state index in [1.165, 1.54) is 10.9 Å². The second kappa shape index (κ2) is 7.89. The Morgan fingerprint density at radius 2 is 1.91 bits per heavy atom. The van der Waals surface area contributed by atoms with Crippen molar-refractivity contribution in [2.75, 3.05) is 20.1 Å². The first-order valence-electron chi connectivity index (χ1n) is 7.56. The van der Waals surface area contributed by atoms with E-state index in [0.717, 1.165) is 18.4 Å². The van der Waals surface area contributed by atoms with Gasteiger partial charge in [-0.3, -0.25) is 4.99 Å². The number of para-hydroxylation sites is 1. The molecular formula is C16H21F3N4. The molecule has 0 saturated carbocycles. The highest BCUT2D eigenvalue weighted by atomic mass is 19.4. The number of aryl methyl sites for hydroxylation is 1. The molecular weight excluding hydrogens is 305 g/mol. The van der Waals surface area contributed by atoms with Crippen LogP contribution in [0.25, 0.3) is 10.9 Å². The maximum atomic E-state index is 12.1. The molecule has 0 radical (unpaired) electrons. The normalized spacial score (nSPS) is 12.6. The second-order valence-corrected chi connectivity index (χ2v) is 5.25. The first-order valence-corrected chi connectivity index (χ1v) is 7.56. The summed E-state index contributed by atoms with van der Waals surface area (Å²) in [5.41, 5.74) is 2.35. The summed E-state index contributed by atoms with van der Waals surface area (Å²) in [6.45, 7) is 0.469. The van der Waals surface area contributed by atoms with Gasteiger partial charge in [-0.05, 0) is 24.5 Å². The van der Waals surface area contributed by atoms with Crippen molar-refractivity contribution >= 4 is 16.9 Å². The molecule has 23 heavy (non-hydrogen) atoms. The first-order chi connectivity index (χ1) is 11.0. The molecule has 1 aromatic carbocycles. The summed E-state index contributed by atoms with van der Waals surface area (Å²) in [6, 6.07) is 8.10. The lowest BCUT2D eigenvalue weighted by Gasteiger charge is -2.12. The van der Waals surface area contributed by atoms with Crippen LogP contribution in [-0.2, 0) is 6.42 Å². The van der Waals surface area contributed by atoms with Crippen LogP contribution >= 0.6 is 0 Å². The fourth-order valence-electron chi connectivity index (χ4n) is 2.37. The van der Waals surface area contributed by atoms with Crippen LogP contribution in [0.4, 0.5) is 13.2 Å². The van der Waals surface area contributed by atoms with Crippen LogP contribution < -0.4 is 10.6 Å². The fourth-order valence-corrected chi connectivity index (χ4v) is 2.37. The van der Waals surface area contributed by atoms with Gasteiger partial charge in [-0.15, -0.1) is 0 Å². The molecule has 0 fully saturated rings. The van der Waals surface area contributed by atoms with Crippen LogP contribution in [-0.4, -0.2) is 37.3 Å². The molecule has 0 atom stereocenters. The van der Waals surface area contributed by atoms with Gasteiger partial charge in [-0.25, -0.2) is 0 Å². The number of nitrogens with zero attached hydrogens (tertiary/aromatic N) is 1. The molecule has 1 aromatic heterocycles. The minimum atomic E-state index is -4.15. The third-order valence-electron chi connectivity index (χ3n) is 3.51. The van der Waals surface area contributed by atoms with Crippen LogP contribution in [0.3, 0.4) is 0 Å². The van der Waals surface area contributed by atoms with Crippen LogP contribution in [0, 0.1) is 0 Å². The van der Waals surface area contributed by atoms with Crippen molar-refractivity contribution in [2.24, 2.45) is 4.99 Å². The number of H-pyrrole nitrogens is 1. The Kier molecular flexibility index (Phi) is 5.90. The van der Waals surface area contributed by atoms with Gasteiger partial charge in [-0.2, -0.15) is 13.2 Å². The molecule has 0 aliphatic heterocycles. The van der Waals surface area contributed by atoms with E-state index >= 15 is 0 Å². The number of alkyl halides is 3. The van der Waals surface area contributed by atoms with E-state index in [4.69, 9.17) is 0 Å². The Bertz CT molecular complexity index is 646. The van der Waals surface area contributed by atoms with E-state index in [9.17, 15) is 13.2 Å². The van der Waals surface area contributed by atoms with Crippen molar-refractivity contribution < 1.29 is 13.2 Å². The highest BCUT2D eigenvalue weighted by molar-refractivity contribution is 5.83. The monoisotopic (exact) mass is 326 g/mol. The zero-order chi connectivity index (χ0) is 16.7. The maximum absolute atomic E-state index is 12.1. The van der Waals surface area contributed by atoms with Gasteiger partial charge in [0.25, 0.3) is 0 Å². The summed E-state index contributed by atoms with van der Waals surface area (Å²) in [4.78, 5) is 7.14. The molecule has 1 heterocycles. The molecule has 0 amide bonds. The van der Waals surface area contributed by atoms with Gasteiger partial charge in [-0.1, -0.05) is 18.2 Å². The molecule has 2 aromatic rings. The molecule has 0 aliphatic rings. The largest absolute Gasteiger partial charge is 0.390 e. The molecule has 3 N–H and O–H groups in total. The van der Waals surface area contributed by atoms with Gasteiger partial charge in [0.05, 0.1) is 6.42 Å². The van der Waals surface area contributed by atoms with Crippen molar-refractivity contribution in [1.29, 1.82) is 0 Å². The van der Waals surface area contributed by atoms with Crippen molar-refractivity contribution in [3.63, 3.8) is 0 Å². The quantitative estimate of drug-likeness (QED) is 0.434. The molecule has 0 bridgehead atoms. The van der Waals surface area contributed by atoms with Crippen LogP contribution in [0.1, 0.15) is 18.4 Å². The molecule has 0 unspecified atom stereocenters. The van der Waals surface area contributed by atoms with E-state index in [1.54, 1.807) is 7.05 Å². The summed E-state index contributed by atoms with van der Waals surface area (Å²) < 4.78 is 36.3. The Labute approximate surface area is 133 Å². The first kappa shape index (κ1) is 17.2. The standard InChI is InChI=1S/C16H21F3N4/c1-20-15(22-10-8-16(17,18)19)21-9-4-5-12-11-23-14-7-3-2-6-13(12)14/h2-3,6-7,11,23H,4-5,8-10H2,1H3,(H2,20,21,22). The van der Waals surface area contributed by atoms with Gasteiger partial charge in [0.2, 0.25) is 0 Å². The van der Waals surface area contributed by atoms with Crippen LogP contribution in [0.2, 0.25) is 0 Å². The summed E-state index contributed by atoms with van der Waals surface area (Å²) in [5, 5.41) is 6.90. The topological polar surface area (TPSA) is 52.2 Å². The number of hydrogen-bond acceptors (Lipinski definition) is 1. The lowest BCUT2D eigenvalue weighted by Crippen LogP contribution is -2.39. The number of benzene rings is 1.